The van der Waals surface area contributed by atoms with Crippen LogP contribution in [0.5, 0.6) is 11.5 Å². The lowest BCUT2D eigenvalue weighted by Crippen LogP contribution is -2.43. The van der Waals surface area contributed by atoms with Crippen molar-refractivity contribution < 1.29 is 14.6 Å². The fraction of sp³-hybridized carbons (Fsp3) is 0.760. The molecule has 30 heavy (non-hydrogen) atoms. The van der Waals surface area contributed by atoms with Gasteiger partial charge in [-0.25, -0.2) is 0 Å². The first-order valence-corrected chi connectivity index (χ1v) is 12.2. The number of rotatable bonds is 9. The second-order valence-electron chi connectivity index (χ2n) is 9.48. The van der Waals surface area contributed by atoms with E-state index in [9.17, 15) is 5.11 Å². The van der Waals surface area contributed by atoms with Gasteiger partial charge in [0.2, 0.25) is 0 Å². The molecule has 0 bridgehead atoms. The molecule has 1 aromatic carbocycles. The van der Waals surface area contributed by atoms with E-state index in [4.69, 9.17) is 9.47 Å². The number of phenolic OH excluding ortho intramolecular Hbond substituents is 1. The van der Waals surface area contributed by atoms with Gasteiger partial charge in [-0.15, -0.1) is 0 Å². The third-order valence-electron chi connectivity index (χ3n) is 7.22. The molecular weight excluding hydrogens is 376 g/mol. The van der Waals surface area contributed by atoms with E-state index in [0.717, 1.165) is 38.2 Å². The number of hydrogen-bond acceptors (Lipinski definition) is 5. The van der Waals surface area contributed by atoms with Gasteiger partial charge in [-0.05, 0) is 82.2 Å². The van der Waals surface area contributed by atoms with Crippen LogP contribution in [-0.4, -0.2) is 66.4 Å². The highest BCUT2D eigenvalue weighted by molar-refractivity contribution is 5.41. The first kappa shape index (κ1) is 21.9. The van der Waals surface area contributed by atoms with Crippen molar-refractivity contribution in [3.8, 4) is 11.5 Å². The Morgan fingerprint density at radius 1 is 1.07 bits per heavy atom. The molecule has 0 aromatic heterocycles. The molecule has 5 nitrogen and oxygen atoms in total. The van der Waals surface area contributed by atoms with Gasteiger partial charge < -0.3 is 19.5 Å². The second-order valence-corrected chi connectivity index (χ2v) is 9.48. The van der Waals surface area contributed by atoms with E-state index in [0.29, 0.717) is 18.5 Å². The van der Waals surface area contributed by atoms with Crippen LogP contribution in [0.3, 0.4) is 0 Å². The molecule has 2 aliphatic heterocycles. The van der Waals surface area contributed by atoms with Gasteiger partial charge >= 0.3 is 0 Å². The van der Waals surface area contributed by atoms with Crippen molar-refractivity contribution in [3.63, 3.8) is 0 Å². The highest BCUT2D eigenvalue weighted by atomic mass is 16.5. The maximum Gasteiger partial charge on any atom is 0.161 e. The Kier molecular flexibility index (Phi) is 7.91. The molecule has 5 heteroatoms. The molecule has 0 radical (unpaired) electrons. The van der Waals surface area contributed by atoms with Gasteiger partial charge in [0.25, 0.3) is 0 Å². The van der Waals surface area contributed by atoms with Crippen molar-refractivity contribution in [2.24, 2.45) is 5.92 Å². The Morgan fingerprint density at radius 3 is 2.57 bits per heavy atom. The second kappa shape index (κ2) is 10.8. The number of hydrogen-bond donors (Lipinski definition) is 1. The van der Waals surface area contributed by atoms with Gasteiger partial charge in [0.15, 0.2) is 11.5 Å². The molecule has 1 saturated carbocycles. The summed E-state index contributed by atoms with van der Waals surface area (Å²) in [5.74, 6) is 1.59. The lowest BCUT2D eigenvalue weighted by molar-refractivity contribution is 0.0539. The quantitative estimate of drug-likeness (QED) is 0.645. The largest absolute Gasteiger partial charge is 0.504 e. The Balaban J connectivity index is 1.35. The summed E-state index contributed by atoms with van der Waals surface area (Å²) in [4.78, 5) is 5.36. The molecule has 4 rings (SSSR count). The monoisotopic (exact) mass is 416 g/mol. The zero-order valence-electron chi connectivity index (χ0n) is 18.7. The average molecular weight is 417 g/mol. The van der Waals surface area contributed by atoms with Gasteiger partial charge in [0, 0.05) is 32.3 Å². The molecule has 0 amide bonds. The topological polar surface area (TPSA) is 45.2 Å². The average Bonchev–Trinajstić information content (AvgIpc) is 3.46. The van der Waals surface area contributed by atoms with Crippen molar-refractivity contribution in [2.75, 3.05) is 39.4 Å². The minimum absolute atomic E-state index is 0.227. The molecule has 1 unspecified atom stereocenters. The molecule has 1 N–H and O–H groups in total. The lowest BCUT2D eigenvalue weighted by atomic mass is 9.94. The van der Waals surface area contributed by atoms with Crippen LogP contribution in [0.25, 0.3) is 0 Å². The standard InChI is InChI=1S/C25H40N2O3/c1-2-29-25-16-21(9-10-24(25)28)18-26(19-23-8-5-15-30-23)17-20-11-13-27(14-12-20)22-6-3-4-7-22/h9-10,16,20,22-23,28H,2-8,11-15,17-19H2,1H3. The summed E-state index contributed by atoms with van der Waals surface area (Å²) >= 11 is 0. The number of likely N-dealkylation sites (tertiary alicyclic amines) is 1. The molecular formula is C25H40N2O3. The Hall–Kier alpha value is -1.30. The van der Waals surface area contributed by atoms with Crippen molar-refractivity contribution in [2.45, 2.75) is 77.0 Å². The van der Waals surface area contributed by atoms with Crippen LogP contribution in [0.1, 0.15) is 63.9 Å². The highest BCUT2D eigenvalue weighted by Gasteiger charge is 2.29. The van der Waals surface area contributed by atoms with E-state index in [2.05, 4.69) is 9.80 Å². The molecule has 2 heterocycles. The molecule has 168 valence electrons. The molecule has 1 aliphatic carbocycles. The van der Waals surface area contributed by atoms with Crippen LogP contribution in [0.2, 0.25) is 0 Å². The van der Waals surface area contributed by atoms with E-state index in [1.54, 1.807) is 6.07 Å². The summed E-state index contributed by atoms with van der Waals surface area (Å²) in [6, 6.07) is 6.67. The van der Waals surface area contributed by atoms with Crippen LogP contribution in [0.4, 0.5) is 0 Å². The van der Waals surface area contributed by atoms with Crippen molar-refractivity contribution in [1.29, 1.82) is 0 Å². The van der Waals surface area contributed by atoms with Crippen LogP contribution in [-0.2, 0) is 11.3 Å². The fourth-order valence-corrected chi connectivity index (χ4v) is 5.60. The van der Waals surface area contributed by atoms with Crippen LogP contribution in [0.15, 0.2) is 18.2 Å². The summed E-state index contributed by atoms with van der Waals surface area (Å²) in [6.07, 6.45) is 11.1. The summed E-state index contributed by atoms with van der Waals surface area (Å²) < 4.78 is 11.6. The van der Waals surface area contributed by atoms with Crippen LogP contribution >= 0.6 is 0 Å². The van der Waals surface area contributed by atoms with Gasteiger partial charge in [0.1, 0.15) is 0 Å². The first-order chi connectivity index (χ1) is 14.7. The van der Waals surface area contributed by atoms with Crippen molar-refractivity contribution in [3.05, 3.63) is 23.8 Å². The summed E-state index contributed by atoms with van der Waals surface area (Å²) in [7, 11) is 0. The lowest BCUT2D eigenvalue weighted by Gasteiger charge is -2.38. The summed E-state index contributed by atoms with van der Waals surface area (Å²) in [5, 5.41) is 10.0. The van der Waals surface area contributed by atoms with E-state index in [1.165, 1.54) is 70.0 Å². The fourth-order valence-electron chi connectivity index (χ4n) is 5.60. The van der Waals surface area contributed by atoms with Crippen LogP contribution in [0, 0.1) is 5.92 Å². The zero-order valence-corrected chi connectivity index (χ0v) is 18.7. The smallest absolute Gasteiger partial charge is 0.161 e. The molecule has 1 atom stereocenters. The van der Waals surface area contributed by atoms with Gasteiger partial charge in [-0.3, -0.25) is 4.90 Å². The molecule has 2 saturated heterocycles. The number of aromatic hydroxyl groups is 1. The van der Waals surface area contributed by atoms with E-state index in [-0.39, 0.29) is 5.75 Å². The number of nitrogens with zero attached hydrogens (tertiary/aromatic N) is 2. The van der Waals surface area contributed by atoms with Crippen LogP contribution < -0.4 is 4.74 Å². The molecule has 1 aromatic rings. The molecule has 0 spiro atoms. The minimum atomic E-state index is 0.227. The summed E-state index contributed by atoms with van der Waals surface area (Å²) in [5.41, 5.74) is 1.21. The maximum atomic E-state index is 10.0. The normalized spacial score (nSPS) is 24.1. The highest BCUT2D eigenvalue weighted by Crippen LogP contribution is 2.30. The Labute approximate surface area is 182 Å². The zero-order chi connectivity index (χ0) is 20.8. The Morgan fingerprint density at radius 2 is 1.87 bits per heavy atom. The maximum absolute atomic E-state index is 10.0. The minimum Gasteiger partial charge on any atom is -0.504 e. The van der Waals surface area contributed by atoms with E-state index < -0.39 is 0 Å². The van der Waals surface area contributed by atoms with Gasteiger partial charge in [-0.1, -0.05) is 18.9 Å². The number of benzene rings is 1. The first-order valence-electron chi connectivity index (χ1n) is 12.2. The summed E-state index contributed by atoms with van der Waals surface area (Å²) in [6.45, 7) is 9.02. The molecule has 3 aliphatic rings. The number of phenols is 1. The SMILES string of the molecule is CCOc1cc(CN(CC2CCN(C3CCCC3)CC2)CC2CCCO2)ccc1O. The van der Waals surface area contributed by atoms with Crippen molar-refractivity contribution in [1.82, 2.24) is 9.80 Å². The Bertz CT molecular complexity index is 648. The third kappa shape index (κ3) is 5.89. The number of ether oxygens (including phenoxy) is 2. The van der Waals surface area contributed by atoms with Gasteiger partial charge in [0.05, 0.1) is 12.7 Å². The predicted octanol–water partition coefficient (Wildman–Crippen LogP) is 4.43. The van der Waals surface area contributed by atoms with Crippen molar-refractivity contribution >= 4 is 0 Å². The van der Waals surface area contributed by atoms with Gasteiger partial charge in [-0.2, -0.15) is 0 Å². The van der Waals surface area contributed by atoms with E-state index >= 15 is 0 Å². The third-order valence-corrected chi connectivity index (χ3v) is 7.22. The predicted molar refractivity (Wildman–Crippen MR) is 120 cm³/mol. The number of piperidine rings is 1. The van der Waals surface area contributed by atoms with E-state index in [1.807, 2.05) is 19.1 Å². The molecule has 3 fully saturated rings.